The lowest BCUT2D eigenvalue weighted by molar-refractivity contribution is -0.121. The fourth-order valence-electron chi connectivity index (χ4n) is 3.81. The molecule has 7 heteroatoms. The van der Waals surface area contributed by atoms with E-state index >= 15 is 0 Å². The van der Waals surface area contributed by atoms with Crippen molar-refractivity contribution in [2.45, 2.75) is 45.2 Å². The third kappa shape index (κ3) is 3.83. The third-order valence-corrected chi connectivity index (χ3v) is 5.31. The largest absolute Gasteiger partial charge is 0.353 e. The number of hydrogen-bond acceptors (Lipinski definition) is 3. The molecule has 1 amide bonds. The summed E-state index contributed by atoms with van der Waals surface area (Å²) in [7, 11) is 0. The maximum absolute atomic E-state index is 13.4. The predicted octanol–water partition coefficient (Wildman–Crippen LogP) is 2.42. The van der Waals surface area contributed by atoms with Gasteiger partial charge in [0.15, 0.2) is 0 Å². The van der Waals surface area contributed by atoms with Gasteiger partial charge < -0.3 is 9.88 Å². The first-order chi connectivity index (χ1) is 13.6. The van der Waals surface area contributed by atoms with Crippen LogP contribution in [0.3, 0.4) is 0 Å². The topological polar surface area (TPSA) is 68.9 Å². The van der Waals surface area contributed by atoms with Crippen molar-refractivity contribution >= 4 is 16.8 Å². The van der Waals surface area contributed by atoms with E-state index in [1.807, 2.05) is 16.8 Å². The Bertz CT molecular complexity index is 1070. The van der Waals surface area contributed by atoms with Crippen molar-refractivity contribution < 1.29 is 9.18 Å². The summed E-state index contributed by atoms with van der Waals surface area (Å²) in [5.41, 5.74) is 2.46. The first-order valence-corrected chi connectivity index (χ1v) is 9.71. The standard InChI is InChI=1S/C21H23FN4O2/c22-17-7-6-15-8-10-25(19(15)12-17)11-9-23-20(27)14-26-21(28)18-5-3-1-2-4-16(18)13-24-26/h6-8,10,12-13H,1-5,9,11,14H2,(H,23,27). The average molecular weight is 382 g/mol. The number of benzene rings is 1. The Hall–Kier alpha value is -2.96. The quantitative estimate of drug-likeness (QED) is 0.689. The van der Waals surface area contributed by atoms with Gasteiger partial charge in [-0.05, 0) is 60.9 Å². The zero-order valence-corrected chi connectivity index (χ0v) is 15.7. The molecule has 1 aliphatic rings. The minimum Gasteiger partial charge on any atom is -0.353 e. The van der Waals surface area contributed by atoms with Crippen molar-refractivity contribution in [3.05, 3.63) is 64.0 Å². The molecule has 28 heavy (non-hydrogen) atoms. The van der Waals surface area contributed by atoms with Crippen LogP contribution in [-0.2, 0) is 30.7 Å². The Morgan fingerprint density at radius 1 is 1.18 bits per heavy atom. The second-order valence-electron chi connectivity index (χ2n) is 7.23. The minimum absolute atomic E-state index is 0.0901. The molecule has 2 heterocycles. The number of nitrogens with one attached hydrogen (secondary N) is 1. The normalized spacial score (nSPS) is 13.9. The highest BCUT2D eigenvalue weighted by Gasteiger charge is 2.15. The molecule has 0 aliphatic heterocycles. The number of hydrogen-bond donors (Lipinski definition) is 1. The lowest BCUT2D eigenvalue weighted by Gasteiger charge is -2.11. The fraction of sp³-hybridized carbons (Fsp3) is 0.381. The van der Waals surface area contributed by atoms with E-state index in [4.69, 9.17) is 0 Å². The molecule has 0 unspecified atom stereocenters. The van der Waals surface area contributed by atoms with Gasteiger partial charge in [0, 0.05) is 24.8 Å². The van der Waals surface area contributed by atoms with Crippen molar-refractivity contribution in [2.75, 3.05) is 6.54 Å². The molecule has 0 fully saturated rings. The van der Waals surface area contributed by atoms with Gasteiger partial charge in [-0.15, -0.1) is 0 Å². The van der Waals surface area contributed by atoms with Crippen LogP contribution in [0.15, 0.2) is 41.5 Å². The van der Waals surface area contributed by atoms with Crippen LogP contribution in [0.5, 0.6) is 0 Å². The first kappa shape index (κ1) is 18.4. The number of carbonyl (C=O) groups excluding carboxylic acids is 1. The van der Waals surface area contributed by atoms with Gasteiger partial charge in [0.05, 0.1) is 11.7 Å². The molecule has 1 aromatic carbocycles. The lowest BCUT2D eigenvalue weighted by Crippen LogP contribution is -2.36. The maximum atomic E-state index is 13.4. The molecule has 4 rings (SSSR count). The number of fused-ring (bicyclic) bond motifs is 2. The molecule has 2 aromatic heterocycles. The number of aryl methyl sites for hydroxylation is 1. The lowest BCUT2D eigenvalue weighted by atomic mass is 10.1. The van der Waals surface area contributed by atoms with Crippen LogP contribution in [0, 0.1) is 5.82 Å². The second-order valence-corrected chi connectivity index (χ2v) is 7.23. The van der Waals surface area contributed by atoms with Gasteiger partial charge in [-0.25, -0.2) is 9.07 Å². The van der Waals surface area contributed by atoms with Gasteiger partial charge >= 0.3 is 0 Å². The highest BCUT2D eigenvalue weighted by Crippen LogP contribution is 2.17. The number of halogens is 1. The molecule has 3 aromatic rings. The van der Waals surface area contributed by atoms with Gasteiger partial charge in [-0.2, -0.15) is 5.10 Å². The number of rotatable bonds is 5. The summed E-state index contributed by atoms with van der Waals surface area (Å²) in [6.45, 7) is 0.817. The third-order valence-electron chi connectivity index (χ3n) is 5.31. The molecule has 146 valence electrons. The van der Waals surface area contributed by atoms with Crippen molar-refractivity contribution in [3.8, 4) is 0 Å². The molecule has 6 nitrogen and oxygen atoms in total. The van der Waals surface area contributed by atoms with Crippen molar-refractivity contribution in [3.63, 3.8) is 0 Å². The van der Waals surface area contributed by atoms with Gasteiger partial charge in [0.2, 0.25) is 5.91 Å². The van der Waals surface area contributed by atoms with Gasteiger partial charge in [0.1, 0.15) is 12.4 Å². The Morgan fingerprint density at radius 3 is 2.93 bits per heavy atom. The Labute approximate surface area is 162 Å². The van der Waals surface area contributed by atoms with E-state index in [0.29, 0.717) is 13.1 Å². The van der Waals surface area contributed by atoms with Gasteiger partial charge in [-0.3, -0.25) is 9.59 Å². The predicted molar refractivity (Wildman–Crippen MR) is 105 cm³/mol. The van der Waals surface area contributed by atoms with Crippen LogP contribution in [0.4, 0.5) is 4.39 Å². The molecule has 1 N–H and O–H groups in total. The zero-order valence-electron chi connectivity index (χ0n) is 15.7. The number of carbonyl (C=O) groups is 1. The number of aromatic nitrogens is 3. The van der Waals surface area contributed by atoms with E-state index in [2.05, 4.69) is 10.4 Å². The molecular formula is C21H23FN4O2. The summed E-state index contributed by atoms with van der Waals surface area (Å²) < 4.78 is 16.6. The first-order valence-electron chi connectivity index (χ1n) is 9.71. The molecule has 0 bridgehead atoms. The summed E-state index contributed by atoms with van der Waals surface area (Å²) in [4.78, 5) is 24.9. The van der Waals surface area contributed by atoms with Crippen LogP contribution in [-0.4, -0.2) is 26.8 Å². The Balaban J connectivity index is 1.38. The van der Waals surface area contributed by atoms with Crippen LogP contribution in [0.2, 0.25) is 0 Å². The average Bonchev–Trinajstić information content (AvgIpc) is 2.91. The molecular weight excluding hydrogens is 359 g/mol. The van der Waals surface area contributed by atoms with Crippen molar-refractivity contribution in [1.29, 1.82) is 0 Å². The Morgan fingerprint density at radius 2 is 2.04 bits per heavy atom. The summed E-state index contributed by atoms with van der Waals surface area (Å²) in [5.74, 6) is -0.545. The molecule has 0 saturated carbocycles. The SMILES string of the molecule is O=C(Cn1ncc2c(c1=O)CCCCC2)NCCn1ccc2ccc(F)cc21. The van der Waals surface area contributed by atoms with Gasteiger partial charge in [-0.1, -0.05) is 6.42 Å². The van der Waals surface area contributed by atoms with Crippen molar-refractivity contribution in [1.82, 2.24) is 19.7 Å². The zero-order chi connectivity index (χ0) is 19.5. The van der Waals surface area contributed by atoms with E-state index in [9.17, 15) is 14.0 Å². The summed E-state index contributed by atoms with van der Waals surface area (Å²) in [5, 5.41) is 7.95. The highest BCUT2D eigenvalue weighted by atomic mass is 19.1. The van der Waals surface area contributed by atoms with Crippen LogP contribution in [0.1, 0.15) is 30.4 Å². The number of nitrogens with zero attached hydrogens (tertiary/aromatic N) is 3. The highest BCUT2D eigenvalue weighted by molar-refractivity contribution is 5.80. The fourth-order valence-corrected chi connectivity index (χ4v) is 3.81. The molecule has 0 atom stereocenters. The van der Waals surface area contributed by atoms with E-state index < -0.39 is 0 Å². The Kier molecular flexibility index (Phi) is 5.23. The van der Waals surface area contributed by atoms with E-state index in [1.165, 1.54) is 16.8 Å². The van der Waals surface area contributed by atoms with Gasteiger partial charge in [0.25, 0.3) is 5.56 Å². The molecule has 0 radical (unpaired) electrons. The van der Waals surface area contributed by atoms with E-state index in [-0.39, 0.29) is 23.8 Å². The smallest absolute Gasteiger partial charge is 0.270 e. The maximum Gasteiger partial charge on any atom is 0.270 e. The van der Waals surface area contributed by atoms with E-state index in [1.54, 1.807) is 12.3 Å². The van der Waals surface area contributed by atoms with E-state index in [0.717, 1.165) is 54.1 Å². The van der Waals surface area contributed by atoms with Crippen molar-refractivity contribution in [2.24, 2.45) is 0 Å². The summed E-state index contributed by atoms with van der Waals surface area (Å²) in [6, 6.07) is 6.56. The summed E-state index contributed by atoms with van der Waals surface area (Å²) in [6.07, 6.45) is 8.45. The monoisotopic (exact) mass is 382 g/mol. The van der Waals surface area contributed by atoms with Crippen LogP contribution < -0.4 is 10.9 Å². The minimum atomic E-state index is -0.287. The second kappa shape index (κ2) is 7.96. The molecule has 0 spiro atoms. The summed E-state index contributed by atoms with van der Waals surface area (Å²) >= 11 is 0. The number of amides is 1. The molecule has 1 aliphatic carbocycles. The van der Waals surface area contributed by atoms with Crippen LogP contribution in [0.25, 0.3) is 10.9 Å². The molecule has 0 saturated heterocycles. The van der Waals surface area contributed by atoms with Crippen LogP contribution >= 0.6 is 0 Å².